The first-order valence-electron chi connectivity index (χ1n) is 11.6. The maximum atomic E-state index is 12.5. The molecule has 2 aliphatic heterocycles. The van der Waals surface area contributed by atoms with Crippen LogP contribution in [0.25, 0.3) is 16.2 Å². The molecule has 2 aliphatic rings. The topological polar surface area (TPSA) is 39.7 Å². The van der Waals surface area contributed by atoms with Gasteiger partial charge in [-0.1, -0.05) is 42.5 Å². The first-order valence-corrected chi connectivity index (χ1v) is 12.4. The van der Waals surface area contributed by atoms with Crippen LogP contribution in [0.15, 0.2) is 60.7 Å². The number of rotatable bonds is 6. The van der Waals surface area contributed by atoms with Crippen LogP contribution >= 0.6 is 11.5 Å². The van der Waals surface area contributed by atoms with Crippen LogP contribution in [0.3, 0.4) is 0 Å². The minimum absolute atomic E-state index is 0.139. The summed E-state index contributed by atoms with van der Waals surface area (Å²) >= 11 is 1.60. The third-order valence-electron chi connectivity index (χ3n) is 6.70. The highest BCUT2D eigenvalue weighted by Crippen LogP contribution is 2.30. The van der Waals surface area contributed by atoms with E-state index in [1.807, 2.05) is 41.3 Å². The van der Waals surface area contributed by atoms with Crippen molar-refractivity contribution in [1.29, 1.82) is 0 Å². The van der Waals surface area contributed by atoms with Gasteiger partial charge >= 0.3 is 0 Å². The third-order valence-corrected chi connectivity index (χ3v) is 7.52. The molecule has 5 nitrogen and oxygen atoms in total. The fraction of sp³-hybridized carbons (Fsp3) is 0.385. The van der Waals surface area contributed by atoms with Gasteiger partial charge in [-0.2, -0.15) is 4.37 Å². The van der Waals surface area contributed by atoms with Crippen molar-refractivity contribution in [2.24, 2.45) is 5.92 Å². The Hall–Kier alpha value is -2.70. The number of piperazine rings is 1. The Morgan fingerprint density at radius 3 is 2.62 bits per heavy atom. The fourth-order valence-electron chi connectivity index (χ4n) is 4.75. The van der Waals surface area contributed by atoms with Gasteiger partial charge in [0.1, 0.15) is 5.82 Å². The molecule has 0 spiro atoms. The maximum absolute atomic E-state index is 12.5. The number of fused-ring (bicyclic) bond motifs is 1. The molecule has 2 aromatic carbocycles. The molecule has 32 heavy (non-hydrogen) atoms. The average molecular weight is 447 g/mol. The first kappa shape index (κ1) is 21.2. The Bertz CT molecular complexity index is 1070. The molecule has 0 saturated carbocycles. The molecule has 0 N–H and O–H groups in total. The standard InChI is InChI=1S/C26H30N4OS/c31-25(11-10-21-6-2-1-3-7-21)30-15-13-22(20-30)12-14-28-16-18-29(19-17-28)26-23-8-4-5-9-24(23)32-27-26/h1-11,22H,12-20H2/t22-/m1/s1. The number of likely N-dealkylation sites (tertiary alicyclic amines) is 1. The van der Waals surface area contributed by atoms with Crippen LogP contribution < -0.4 is 4.90 Å². The summed E-state index contributed by atoms with van der Waals surface area (Å²) < 4.78 is 5.99. The van der Waals surface area contributed by atoms with Crippen molar-refractivity contribution >= 4 is 39.4 Å². The Balaban J connectivity index is 1.06. The van der Waals surface area contributed by atoms with E-state index in [-0.39, 0.29) is 5.91 Å². The van der Waals surface area contributed by atoms with Gasteiger partial charge in [0, 0.05) is 50.7 Å². The van der Waals surface area contributed by atoms with Crippen molar-refractivity contribution in [3.63, 3.8) is 0 Å². The quantitative estimate of drug-likeness (QED) is 0.527. The minimum Gasteiger partial charge on any atom is -0.353 e. The average Bonchev–Trinajstić information content (AvgIpc) is 3.50. The molecule has 2 saturated heterocycles. The van der Waals surface area contributed by atoms with Crippen LogP contribution in [-0.2, 0) is 4.79 Å². The molecule has 0 bridgehead atoms. The summed E-state index contributed by atoms with van der Waals surface area (Å²) in [5.74, 6) is 1.91. The van der Waals surface area contributed by atoms with Crippen molar-refractivity contribution in [3.8, 4) is 0 Å². The zero-order chi connectivity index (χ0) is 21.8. The van der Waals surface area contributed by atoms with Gasteiger partial charge in [0.25, 0.3) is 0 Å². The van der Waals surface area contributed by atoms with Gasteiger partial charge in [-0.3, -0.25) is 9.69 Å². The van der Waals surface area contributed by atoms with Crippen LogP contribution in [0, 0.1) is 5.92 Å². The SMILES string of the molecule is O=C(C=Cc1ccccc1)N1CC[C@@H](CCN2CCN(c3nsc4ccccc34)CC2)C1. The lowest BCUT2D eigenvalue weighted by atomic mass is 10.0. The van der Waals surface area contributed by atoms with E-state index in [0.717, 1.165) is 63.6 Å². The molecule has 3 heterocycles. The highest BCUT2D eigenvalue weighted by atomic mass is 32.1. The highest BCUT2D eigenvalue weighted by Gasteiger charge is 2.26. The summed E-state index contributed by atoms with van der Waals surface area (Å²) in [6.45, 7) is 7.14. The lowest BCUT2D eigenvalue weighted by Gasteiger charge is -2.35. The molecule has 6 heteroatoms. The van der Waals surface area contributed by atoms with E-state index in [1.54, 1.807) is 17.6 Å². The first-order chi connectivity index (χ1) is 15.8. The van der Waals surface area contributed by atoms with Gasteiger partial charge in [-0.25, -0.2) is 0 Å². The lowest BCUT2D eigenvalue weighted by molar-refractivity contribution is -0.125. The van der Waals surface area contributed by atoms with Crippen LogP contribution in [0.2, 0.25) is 0 Å². The Morgan fingerprint density at radius 1 is 1.00 bits per heavy atom. The summed E-state index contributed by atoms with van der Waals surface area (Å²) in [5.41, 5.74) is 1.07. The van der Waals surface area contributed by atoms with E-state index >= 15 is 0 Å². The zero-order valence-corrected chi connectivity index (χ0v) is 19.2. The second-order valence-electron chi connectivity index (χ2n) is 8.80. The molecule has 5 rings (SSSR count). The van der Waals surface area contributed by atoms with Crippen LogP contribution in [0.1, 0.15) is 18.4 Å². The van der Waals surface area contributed by atoms with Crippen LogP contribution in [-0.4, -0.2) is 65.9 Å². The number of carbonyl (C=O) groups is 1. The number of nitrogens with zero attached hydrogens (tertiary/aromatic N) is 4. The van der Waals surface area contributed by atoms with Gasteiger partial charge in [-0.05, 0) is 60.6 Å². The normalized spacial score (nSPS) is 19.9. The fourth-order valence-corrected chi connectivity index (χ4v) is 5.55. The van der Waals surface area contributed by atoms with Gasteiger partial charge in [-0.15, -0.1) is 0 Å². The zero-order valence-electron chi connectivity index (χ0n) is 18.4. The number of hydrogen-bond donors (Lipinski definition) is 0. The van der Waals surface area contributed by atoms with Crippen molar-refractivity contribution in [2.75, 3.05) is 50.7 Å². The van der Waals surface area contributed by atoms with E-state index in [9.17, 15) is 4.79 Å². The number of amides is 1. The van der Waals surface area contributed by atoms with Crippen LogP contribution in [0.4, 0.5) is 5.82 Å². The molecule has 0 unspecified atom stereocenters. The number of benzene rings is 2. The Morgan fingerprint density at radius 2 is 1.78 bits per heavy atom. The van der Waals surface area contributed by atoms with Gasteiger partial charge < -0.3 is 9.80 Å². The molecule has 1 atom stereocenters. The highest BCUT2D eigenvalue weighted by molar-refractivity contribution is 7.13. The van der Waals surface area contributed by atoms with Crippen molar-refractivity contribution in [1.82, 2.24) is 14.2 Å². The molecular weight excluding hydrogens is 416 g/mol. The summed E-state index contributed by atoms with van der Waals surface area (Å²) in [7, 11) is 0. The Labute approximate surface area is 194 Å². The molecule has 3 aromatic rings. The van der Waals surface area contributed by atoms with Crippen molar-refractivity contribution in [3.05, 3.63) is 66.2 Å². The van der Waals surface area contributed by atoms with Gasteiger partial charge in [0.05, 0.1) is 4.70 Å². The summed E-state index contributed by atoms with van der Waals surface area (Å²) in [6, 6.07) is 18.5. The molecule has 2 fully saturated rings. The van der Waals surface area contributed by atoms with E-state index in [2.05, 4.69) is 34.1 Å². The lowest BCUT2D eigenvalue weighted by Crippen LogP contribution is -2.47. The number of anilines is 1. The van der Waals surface area contributed by atoms with E-state index in [0.29, 0.717) is 5.92 Å². The second kappa shape index (κ2) is 9.84. The second-order valence-corrected chi connectivity index (χ2v) is 9.61. The summed E-state index contributed by atoms with van der Waals surface area (Å²) in [4.78, 5) is 19.5. The third kappa shape index (κ3) is 4.87. The summed E-state index contributed by atoms with van der Waals surface area (Å²) in [6.07, 6.45) is 5.93. The van der Waals surface area contributed by atoms with Crippen LogP contribution in [0.5, 0.6) is 0 Å². The largest absolute Gasteiger partial charge is 0.353 e. The molecule has 1 amide bonds. The predicted octanol–water partition coefficient (Wildman–Crippen LogP) is 4.37. The number of hydrogen-bond acceptors (Lipinski definition) is 5. The smallest absolute Gasteiger partial charge is 0.246 e. The summed E-state index contributed by atoms with van der Waals surface area (Å²) in [5, 5.41) is 1.28. The molecule has 0 aliphatic carbocycles. The molecule has 0 radical (unpaired) electrons. The maximum Gasteiger partial charge on any atom is 0.246 e. The van der Waals surface area contributed by atoms with E-state index in [4.69, 9.17) is 4.37 Å². The molecule has 1 aromatic heterocycles. The van der Waals surface area contributed by atoms with Crippen molar-refractivity contribution < 1.29 is 4.79 Å². The van der Waals surface area contributed by atoms with Gasteiger partial charge in [0.2, 0.25) is 5.91 Å². The molecule has 166 valence electrons. The number of aromatic nitrogens is 1. The van der Waals surface area contributed by atoms with E-state index in [1.165, 1.54) is 16.5 Å². The number of carbonyl (C=O) groups excluding carboxylic acids is 1. The molecular formula is C26H30N4OS. The predicted molar refractivity (Wildman–Crippen MR) is 133 cm³/mol. The van der Waals surface area contributed by atoms with Gasteiger partial charge in [0.15, 0.2) is 0 Å². The minimum atomic E-state index is 0.139. The Kier molecular flexibility index (Phi) is 6.51. The van der Waals surface area contributed by atoms with Crippen molar-refractivity contribution in [2.45, 2.75) is 12.8 Å². The van der Waals surface area contributed by atoms with E-state index < -0.39 is 0 Å². The monoisotopic (exact) mass is 446 g/mol.